The molecule has 0 bridgehead atoms. The van der Waals surface area contributed by atoms with Gasteiger partial charge in [0.15, 0.2) is 6.29 Å². The highest BCUT2D eigenvalue weighted by molar-refractivity contribution is 5.95. The van der Waals surface area contributed by atoms with Crippen LogP contribution in [0, 0.1) is 0 Å². The molecule has 2 heterocycles. The van der Waals surface area contributed by atoms with E-state index in [1.54, 1.807) is 11.0 Å². The normalized spacial score (nSPS) is 15.3. The summed E-state index contributed by atoms with van der Waals surface area (Å²) in [5.74, 6) is -0.0244. The second-order valence-electron chi connectivity index (χ2n) is 3.62. The second kappa shape index (κ2) is 4.21. The number of nitrogens with zero attached hydrogens (tertiary/aromatic N) is 2. The third-order valence-corrected chi connectivity index (χ3v) is 2.54. The van der Waals surface area contributed by atoms with E-state index in [2.05, 4.69) is 4.98 Å². The Morgan fingerprint density at radius 3 is 2.73 bits per heavy atom. The molecule has 0 atom stereocenters. The minimum Gasteiger partial charge on any atom is -0.339 e. The molecular weight excluding hydrogens is 192 g/mol. The van der Waals surface area contributed by atoms with E-state index in [0.29, 0.717) is 17.4 Å². The van der Waals surface area contributed by atoms with Gasteiger partial charge in [-0.1, -0.05) is 0 Å². The zero-order chi connectivity index (χ0) is 10.7. The molecule has 15 heavy (non-hydrogen) atoms. The molecule has 1 amide bonds. The van der Waals surface area contributed by atoms with Crippen molar-refractivity contribution in [3.05, 3.63) is 29.6 Å². The van der Waals surface area contributed by atoms with Gasteiger partial charge in [0, 0.05) is 31.0 Å². The lowest BCUT2D eigenvalue weighted by molar-refractivity contribution is 0.0792. The van der Waals surface area contributed by atoms with Crippen LogP contribution in [0.3, 0.4) is 0 Å². The number of amides is 1. The summed E-state index contributed by atoms with van der Waals surface area (Å²) in [4.78, 5) is 28.1. The predicted octanol–water partition coefficient (Wildman–Crippen LogP) is 1.13. The van der Waals surface area contributed by atoms with Gasteiger partial charge in [-0.2, -0.15) is 0 Å². The van der Waals surface area contributed by atoms with Gasteiger partial charge in [-0.05, 0) is 18.9 Å². The van der Waals surface area contributed by atoms with E-state index in [1.165, 1.54) is 12.4 Å². The van der Waals surface area contributed by atoms with Gasteiger partial charge in [0.05, 0.1) is 5.56 Å². The van der Waals surface area contributed by atoms with Crippen molar-refractivity contribution in [2.75, 3.05) is 13.1 Å². The lowest BCUT2D eigenvalue weighted by Gasteiger charge is -2.14. The summed E-state index contributed by atoms with van der Waals surface area (Å²) in [7, 11) is 0. The van der Waals surface area contributed by atoms with E-state index in [-0.39, 0.29) is 5.91 Å². The molecule has 1 aliphatic rings. The summed E-state index contributed by atoms with van der Waals surface area (Å²) >= 11 is 0. The lowest BCUT2D eigenvalue weighted by atomic mass is 10.2. The number of carbonyl (C=O) groups excluding carboxylic acids is 2. The van der Waals surface area contributed by atoms with Crippen LogP contribution in [0.2, 0.25) is 0 Å². The average molecular weight is 204 g/mol. The average Bonchev–Trinajstić information content (AvgIpc) is 2.81. The van der Waals surface area contributed by atoms with Crippen molar-refractivity contribution in [1.29, 1.82) is 0 Å². The Hall–Kier alpha value is -1.71. The topological polar surface area (TPSA) is 50.3 Å². The van der Waals surface area contributed by atoms with Gasteiger partial charge < -0.3 is 4.90 Å². The Morgan fingerprint density at radius 2 is 2.07 bits per heavy atom. The molecule has 0 saturated carbocycles. The predicted molar refractivity (Wildman–Crippen MR) is 54.8 cm³/mol. The molecule has 0 aliphatic carbocycles. The third-order valence-electron chi connectivity index (χ3n) is 2.54. The van der Waals surface area contributed by atoms with Crippen LogP contribution in [0.1, 0.15) is 33.6 Å². The molecule has 4 nitrogen and oxygen atoms in total. The molecule has 4 heteroatoms. The lowest BCUT2D eigenvalue weighted by Crippen LogP contribution is -2.27. The molecule has 0 spiro atoms. The quantitative estimate of drug-likeness (QED) is 0.678. The third kappa shape index (κ3) is 2.03. The molecule has 1 saturated heterocycles. The van der Waals surface area contributed by atoms with Crippen LogP contribution in [0.15, 0.2) is 18.5 Å². The maximum Gasteiger partial charge on any atom is 0.255 e. The van der Waals surface area contributed by atoms with Crippen LogP contribution in [0.5, 0.6) is 0 Å². The van der Waals surface area contributed by atoms with E-state index in [0.717, 1.165) is 25.9 Å². The Labute approximate surface area is 87.9 Å². The zero-order valence-corrected chi connectivity index (χ0v) is 8.35. The number of aromatic nitrogens is 1. The summed E-state index contributed by atoms with van der Waals surface area (Å²) in [5.41, 5.74) is 0.946. The molecule has 78 valence electrons. The maximum atomic E-state index is 11.9. The van der Waals surface area contributed by atoms with E-state index in [1.807, 2.05) is 0 Å². The number of carbonyl (C=O) groups is 2. The van der Waals surface area contributed by atoms with Gasteiger partial charge in [0.1, 0.15) is 0 Å². The van der Waals surface area contributed by atoms with Crippen LogP contribution < -0.4 is 0 Å². The number of hydrogen-bond acceptors (Lipinski definition) is 3. The summed E-state index contributed by atoms with van der Waals surface area (Å²) in [5, 5.41) is 0. The number of rotatable bonds is 2. The summed E-state index contributed by atoms with van der Waals surface area (Å²) in [6.07, 6.45) is 5.79. The molecule has 0 radical (unpaired) electrons. The minimum absolute atomic E-state index is 0.0244. The van der Waals surface area contributed by atoms with E-state index in [4.69, 9.17) is 0 Å². The van der Waals surface area contributed by atoms with E-state index < -0.39 is 0 Å². The van der Waals surface area contributed by atoms with Gasteiger partial charge in [-0.3, -0.25) is 14.6 Å². The van der Waals surface area contributed by atoms with Crippen molar-refractivity contribution in [2.24, 2.45) is 0 Å². The summed E-state index contributed by atoms with van der Waals surface area (Å²) in [6, 6.07) is 1.58. The highest BCUT2D eigenvalue weighted by Gasteiger charge is 2.19. The zero-order valence-electron chi connectivity index (χ0n) is 8.35. The van der Waals surface area contributed by atoms with Crippen LogP contribution in [-0.2, 0) is 0 Å². The van der Waals surface area contributed by atoms with E-state index in [9.17, 15) is 9.59 Å². The Kier molecular flexibility index (Phi) is 2.76. The SMILES string of the molecule is O=Cc1cncc(C(=O)N2CCCC2)c1. The Bertz CT molecular complexity index is 384. The van der Waals surface area contributed by atoms with Crippen molar-refractivity contribution in [3.63, 3.8) is 0 Å². The molecule has 0 aromatic carbocycles. The van der Waals surface area contributed by atoms with Crippen LogP contribution in [-0.4, -0.2) is 35.2 Å². The molecule has 1 aromatic heterocycles. The standard InChI is InChI=1S/C11H12N2O2/c14-8-9-5-10(7-12-6-9)11(15)13-3-1-2-4-13/h5-8H,1-4H2. The maximum absolute atomic E-state index is 11.9. The fourth-order valence-electron chi connectivity index (χ4n) is 1.74. The minimum atomic E-state index is -0.0244. The Balaban J connectivity index is 2.20. The van der Waals surface area contributed by atoms with Crippen molar-refractivity contribution in [1.82, 2.24) is 9.88 Å². The number of aldehydes is 1. The number of pyridine rings is 1. The largest absolute Gasteiger partial charge is 0.339 e. The van der Waals surface area contributed by atoms with Crippen molar-refractivity contribution >= 4 is 12.2 Å². The molecule has 1 aliphatic heterocycles. The van der Waals surface area contributed by atoms with Gasteiger partial charge in [-0.25, -0.2) is 0 Å². The molecule has 0 N–H and O–H groups in total. The van der Waals surface area contributed by atoms with Crippen LogP contribution in [0.25, 0.3) is 0 Å². The second-order valence-corrected chi connectivity index (χ2v) is 3.62. The van der Waals surface area contributed by atoms with E-state index >= 15 is 0 Å². The van der Waals surface area contributed by atoms with Crippen LogP contribution in [0.4, 0.5) is 0 Å². The summed E-state index contributed by atoms with van der Waals surface area (Å²) < 4.78 is 0. The van der Waals surface area contributed by atoms with Gasteiger partial charge in [0.2, 0.25) is 0 Å². The molecule has 1 aromatic rings. The van der Waals surface area contributed by atoms with Crippen molar-refractivity contribution in [2.45, 2.75) is 12.8 Å². The fourth-order valence-corrected chi connectivity index (χ4v) is 1.74. The molecule has 0 unspecified atom stereocenters. The van der Waals surface area contributed by atoms with Gasteiger partial charge >= 0.3 is 0 Å². The van der Waals surface area contributed by atoms with Crippen LogP contribution >= 0.6 is 0 Å². The first-order valence-corrected chi connectivity index (χ1v) is 5.01. The highest BCUT2D eigenvalue weighted by atomic mass is 16.2. The monoisotopic (exact) mass is 204 g/mol. The smallest absolute Gasteiger partial charge is 0.255 e. The first kappa shape index (κ1) is 9.83. The van der Waals surface area contributed by atoms with Gasteiger partial charge in [-0.15, -0.1) is 0 Å². The van der Waals surface area contributed by atoms with Crippen molar-refractivity contribution < 1.29 is 9.59 Å². The number of hydrogen-bond donors (Lipinski definition) is 0. The molecular formula is C11H12N2O2. The summed E-state index contributed by atoms with van der Waals surface area (Å²) in [6.45, 7) is 1.62. The Morgan fingerprint density at radius 1 is 1.33 bits per heavy atom. The number of likely N-dealkylation sites (tertiary alicyclic amines) is 1. The van der Waals surface area contributed by atoms with Crippen molar-refractivity contribution in [3.8, 4) is 0 Å². The fraction of sp³-hybridized carbons (Fsp3) is 0.364. The highest BCUT2D eigenvalue weighted by Crippen LogP contribution is 2.12. The molecule has 2 rings (SSSR count). The molecule has 1 fully saturated rings. The first-order valence-electron chi connectivity index (χ1n) is 5.01. The van der Waals surface area contributed by atoms with Gasteiger partial charge in [0.25, 0.3) is 5.91 Å². The first-order chi connectivity index (χ1) is 7.31.